The van der Waals surface area contributed by atoms with Crippen LogP contribution < -0.4 is 14.8 Å². The van der Waals surface area contributed by atoms with Crippen LogP contribution in [0.3, 0.4) is 0 Å². The molecular weight excluding hydrogens is 378 g/mol. The van der Waals surface area contributed by atoms with Gasteiger partial charge in [-0.05, 0) is 17.7 Å². The standard InChI is InChI=1S/C23H29N5O2/c1-24-23(27(2)17-19-10-11-20(29-3)14-21(19)30-4)26-15-22-25-12-13-28(22)16-18-8-6-5-7-9-18/h5-14H,15-17H2,1-4H3,(H,24,26). The van der Waals surface area contributed by atoms with Crippen molar-refractivity contribution in [3.05, 3.63) is 77.9 Å². The summed E-state index contributed by atoms with van der Waals surface area (Å²) in [6.45, 7) is 2.01. The van der Waals surface area contributed by atoms with Crippen molar-refractivity contribution in [2.24, 2.45) is 4.99 Å². The average molecular weight is 408 g/mol. The van der Waals surface area contributed by atoms with E-state index in [0.29, 0.717) is 13.1 Å². The Morgan fingerprint density at radius 1 is 1.13 bits per heavy atom. The summed E-state index contributed by atoms with van der Waals surface area (Å²) in [4.78, 5) is 11.0. The summed E-state index contributed by atoms with van der Waals surface area (Å²) in [5, 5.41) is 3.41. The lowest BCUT2D eigenvalue weighted by atomic mass is 10.2. The molecule has 1 heterocycles. The number of guanidine groups is 1. The number of hydrogen-bond donors (Lipinski definition) is 1. The number of ether oxygens (including phenoxy) is 2. The lowest BCUT2D eigenvalue weighted by Crippen LogP contribution is -2.38. The van der Waals surface area contributed by atoms with Crippen LogP contribution in [0.1, 0.15) is 17.0 Å². The number of aromatic nitrogens is 2. The number of nitrogens with one attached hydrogen (secondary N) is 1. The quantitative estimate of drug-likeness (QED) is 0.459. The van der Waals surface area contributed by atoms with Crippen molar-refractivity contribution in [1.29, 1.82) is 0 Å². The van der Waals surface area contributed by atoms with Crippen molar-refractivity contribution in [3.63, 3.8) is 0 Å². The highest BCUT2D eigenvalue weighted by atomic mass is 16.5. The van der Waals surface area contributed by atoms with Crippen molar-refractivity contribution in [2.75, 3.05) is 28.3 Å². The molecule has 0 atom stereocenters. The second-order valence-electron chi connectivity index (χ2n) is 6.89. The Morgan fingerprint density at radius 3 is 2.63 bits per heavy atom. The van der Waals surface area contributed by atoms with Crippen LogP contribution in [0.2, 0.25) is 0 Å². The molecule has 30 heavy (non-hydrogen) atoms. The third-order valence-corrected chi connectivity index (χ3v) is 4.88. The molecule has 0 aliphatic heterocycles. The largest absolute Gasteiger partial charge is 0.497 e. The molecule has 1 aromatic heterocycles. The molecule has 0 saturated carbocycles. The molecule has 0 saturated heterocycles. The van der Waals surface area contributed by atoms with Gasteiger partial charge in [-0.25, -0.2) is 4.98 Å². The van der Waals surface area contributed by atoms with Gasteiger partial charge in [0.25, 0.3) is 0 Å². The van der Waals surface area contributed by atoms with E-state index in [-0.39, 0.29) is 0 Å². The Bertz CT molecular complexity index is 969. The van der Waals surface area contributed by atoms with Crippen LogP contribution in [-0.4, -0.2) is 48.7 Å². The molecule has 7 heteroatoms. The molecule has 0 unspecified atom stereocenters. The average Bonchev–Trinajstić information content (AvgIpc) is 3.22. The minimum absolute atomic E-state index is 0.580. The Hall–Kier alpha value is -3.48. The number of rotatable bonds is 8. The number of methoxy groups -OCH3 is 2. The molecule has 0 amide bonds. The minimum atomic E-state index is 0.580. The maximum atomic E-state index is 5.51. The van der Waals surface area contributed by atoms with Crippen LogP contribution in [0.25, 0.3) is 0 Å². The van der Waals surface area contributed by atoms with E-state index in [1.807, 2.05) is 43.7 Å². The monoisotopic (exact) mass is 407 g/mol. The van der Waals surface area contributed by atoms with E-state index in [1.54, 1.807) is 21.3 Å². The Morgan fingerprint density at radius 2 is 1.93 bits per heavy atom. The van der Waals surface area contributed by atoms with Crippen molar-refractivity contribution >= 4 is 5.96 Å². The second-order valence-corrected chi connectivity index (χ2v) is 6.89. The van der Waals surface area contributed by atoms with E-state index in [9.17, 15) is 0 Å². The lowest BCUT2D eigenvalue weighted by molar-refractivity contribution is 0.382. The third kappa shape index (κ3) is 5.31. The maximum Gasteiger partial charge on any atom is 0.194 e. The van der Waals surface area contributed by atoms with Gasteiger partial charge in [0.15, 0.2) is 5.96 Å². The van der Waals surface area contributed by atoms with E-state index in [0.717, 1.165) is 35.4 Å². The molecule has 0 aliphatic rings. The SMILES string of the molecule is CN=C(NCc1nccn1Cc1ccccc1)N(C)Cc1ccc(OC)cc1OC. The first kappa shape index (κ1) is 21.2. The van der Waals surface area contributed by atoms with Crippen LogP contribution >= 0.6 is 0 Å². The zero-order valence-electron chi connectivity index (χ0n) is 18.0. The van der Waals surface area contributed by atoms with E-state index in [2.05, 4.69) is 49.0 Å². The molecule has 158 valence electrons. The van der Waals surface area contributed by atoms with Gasteiger partial charge in [-0.2, -0.15) is 0 Å². The van der Waals surface area contributed by atoms with Crippen molar-refractivity contribution in [3.8, 4) is 11.5 Å². The molecular formula is C23H29N5O2. The summed E-state index contributed by atoms with van der Waals surface area (Å²) in [6.07, 6.45) is 3.83. The molecule has 1 N–H and O–H groups in total. The van der Waals surface area contributed by atoms with Gasteiger partial charge in [-0.3, -0.25) is 4.99 Å². The number of hydrogen-bond acceptors (Lipinski definition) is 4. The van der Waals surface area contributed by atoms with E-state index in [1.165, 1.54) is 5.56 Å². The van der Waals surface area contributed by atoms with Gasteiger partial charge in [0.05, 0.1) is 20.8 Å². The summed E-state index contributed by atoms with van der Waals surface area (Å²) < 4.78 is 12.9. The Balaban J connectivity index is 1.63. The van der Waals surface area contributed by atoms with Gasteiger partial charge < -0.3 is 24.3 Å². The number of aliphatic imine (C=N–C) groups is 1. The number of nitrogens with zero attached hydrogens (tertiary/aromatic N) is 4. The fourth-order valence-electron chi connectivity index (χ4n) is 3.29. The summed E-state index contributed by atoms with van der Waals surface area (Å²) in [5.41, 5.74) is 2.29. The normalized spacial score (nSPS) is 11.3. The highest BCUT2D eigenvalue weighted by Gasteiger charge is 2.12. The fraction of sp³-hybridized carbons (Fsp3) is 0.304. The summed E-state index contributed by atoms with van der Waals surface area (Å²) in [5.74, 6) is 3.29. The van der Waals surface area contributed by atoms with Crippen molar-refractivity contribution < 1.29 is 9.47 Å². The van der Waals surface area contributed by atoms with Gasteiger partial charge >= 0.3 is 0 Å². The fourth-order valence-corrected chi connectivity index (χ4v) is 3.29. The van der Waals surface area contributed by atoms with Crippen LogP contribution in [0, 0.1) is 0 Å². The maximum absolute atomic E-state index is 5.51. The molecule has 3 rings (SSSR count). The van der Waals surface area contributed by atoms with Crippen LogP contribution in [0.15, 0.2) is 65.9 Å². The molecule has 0 radical (unpaired) electrons. The third-order valence-electron chi connectivity index (χ3n) is 4.88. The van der Waals surface area contributed by atoms with Gasteiger partial charge in [0.1, 0.15) is 17.3 Å². The molecule has 0 aliphatic carbocycles. The van der Waals surface area contributed by atoms with Crippen LogP contribution in [-0.2, 0) is 19.6 Å². The van der Waals surface area contributed by atoms with Gasteiger partial charge in [0.2, 0.25) is 0 Å². The second kappa shape index (κ2) is 10.3. The predicted octanol–water partition coefficient (Wildman–Crippen LogP) is 3.16. The van der Waals surface area contributed by atoms with Crippen LogP contribution in [0.5, 0.6) is 11.5 Å². The Labute approximate surface area is 178 Å². The summed E-state index contributed by atoms with van der Waals surface area (Å²) in [7, 11) is 7.09. The number of benzene rings is 2. The van der Waals surface area contributed by atoms with E-state index in [4.69, 9.17) is 9.47 Å². The predicted molar refractivity (Wildman–Crippen MR) is 119 cm³/mol. The zero-order chi connectivity index (χ0) is 21.3. The van der Waals surface area contributed by atoms with Gasteiger partial charge in [-0.15, -0.1) is 0 Å². The van der Waals surface area contributed by atoms with Crippen molar-refractivity contribution in [2.45, 2.75) is 19.6 Å². The Kier molecular flexibility index (Phi) is 7.32. The first-order valence-corrected chi connectivity index (χ1v) is 9.81. The molecule has 0 spiro atoms. The molecule has 3 aromatic rings. The summed E-state index contributed by atoms with van der Waals surface area (Å²) in [6, 6.07) is 16.2. The molecule has 7 nitrogen and oxygen atoms in total. The minimum Gasteiger partial charge on any atom is -0.497 e. The van der Waals surface area contributed by atoms with Gasteiger partial charge in [-0.1, -0.05) is 30.3 Å². The number of imidazole rings is 1. The highest BCUT2D eigenvalue weighted by Crippen LogP contribution is 2.25. The van der Waals surface area contributed by atoms with E-state index >= 15 is 0 Å². The van der Waals surface area contributed by atoms with E-state index < -0.39 is 0 Å². The smallest absolute Gasteiger partial charge is 0.194 e. The van der Waals surface area contributed by atoms with Crippen molar-refractivity contribution in [1.82, 2.24) is 19.8 Å². The summed E-state index contributed by atoms with van der Waals surface area (Å²) >= 11 is 0. The lowest BCUT2D eigenvalue weighted by Gasteiger charge is -2.23. The molecule has 0 fully saturated rings. The highest BCUT2D eigenvalue weighted by molar-refractivity contribution is 5.79. The molecule has 2 aromatic carbocycles. The first-order chi connectivity index (χ1) is 14.6. The van der Waals surface area contributed by atoms with Crippen LogP contribution in [0.4, 0.5) is 0 Å². The zero-order valence-corrected chi connectivity index (χ0v) is 18.0. The topological polar surface area (TPSA) is 63.9 Å². The first-order valence-electron chi connectivity index (χ1n) is 9.81. The molecule has 0 bridgehead atoms. The van der Waals surface area contributed by atoms with Gasteiger partial charge in [0, 0.05) is 51.2 Å².